The minimum absolute atomic E-state index is 0.0180. The Balaban J connectivity index is 4.54. The highest BCUT2D eigenvalue weighted by Gasteiger charge is 2.35. The summed E-state index contributed by atoms with van der Waals surface area (Å²) < 4.78 is 0. The summed E-state index contributed by atoms with van der Waals surface area (Å²) in [6.07, 6.45) is 2.66. The highest BCUT2D eigenvalue weighted by Crippen LogP contribution is 2.23. The van der Waals surface area contributed by atoms with E-state index in [1.54, 1.807) is 0 Å². The summed E-state index contributed by atoms with van der Waals surface area (Å²) in [4.78, 5) is 12.1. The number of carbonyl (C=O) groups is 1. The van der Waals surface area contributed by atoms with E-state index in [0.29, 0.717) is 13.0 Å². The van der Waals surface area contributed by atoms with Crippen LogP contribution in [-0.4, -0.2) is 23.5 Å². The Hall–Kier alpha value is -0.610. The quantitative estimate of drug-likeness (QED) is 0.591. The minimum atomic E-state index is -0.549. The summed E-state index contributed by atoms with van der Waals surface area (Å²) >= 11 is 0. The van der Waals surface area contributed by atoms with Gasteiger partial charge in [0.15, 0.2) is 0 Å². The molecular weight excluding hydrogens is 214 g/mol. The molecule has 102 valence electrons. The average molecular weight is 243 g/mol. The molecule has 0 saturated carbocycles. The largest absolute Gasteiger partial charge is 0.356 e. The van der Waals surface area contributed by atoms with Gasteiger partial charge in [-0.3, -0.25) is 4.79 Å². The fourth-order valence-corrected chi connectivity index (χ4v) is 1.73. The van der Waals surface area contributed by atoms with E-state index in [9.17, 15) is 4.79 Å². The molecule has 0 aliphatic rings. The lowest BCUT2D eigenvalue weighted by Crippen LogP contribution is -2.53. The monoisotopic (exact) mass is 243 g/mol. The lowest BCUT2D eigenvalue weighted by molar-refractivity contribution is -0.127. The Kier molecular flexibility index (Phi) is 6.13. The molecule has 4 nitrogen and oxygen atoms in total. The molecule has 0 heterocycles. The molecule has 0 rings (SSSR count). The zero-order valence-electron chi connectivity index (χ0n) is 12.0. The zero-order valence-corrected chi connectivity index (χ0v) is 12.0. The lowest BCUT2D eigenvalue weighted by Gasteiger charge is -2.34. The van der Waals surface area contributed by atoms with Crippen molar-refractivity contribution < 1.29 is 4.79 Å². The highest BCUT2D eigenvalue weighted by molar-refractivity contribution is 5.80. The van der Waals surface area contributed by atoms with Gasteiger partial charge >= 0.3 is 0 Å². The van der Waals surface area contributed by atoms with Crippen molar-refractivity contribution in [3.63, 3.8) is 0 Å². The molecule has 0 fully saturated rings. The summed E-state index contributed by atoms with van der Waals surface area (Å²) in [6, 6.07) is 0. The predicted molar refractivity (Wildman–Crippen MR) is 72.6 cm³/mol. The first-order valence-corrected chi connectivity index (χ1v) is 6.43. The third-order valence-corrected chi connectivity index (χ3v) is 2.77. The average Bonchev–Trinajstić information content (AvgIpc) is 2.11. The van der Waals surface area contributed by atoms with Crippen LogP contribution in [0, 0.1) is 5.92 Å². The Morgan fingerprint density at radius 2 is 1.76 bits per heavy atom. The van der Waals surface area contributed by atoms with Crippen molar-refractivity contribution >= 4 is 5.91 Å². The highest BCUT2D eigenvalue weighted by atomic mass is 16.1. The number of nitrogens with one attached hydrogen (secondary N) is 1. The van der Waals surface area contributed by atoms with Crippen LogP contribution in [-0.2, 0) is 4.79 Å². The molecule has 0 aromatic rings. The standard InChI is InChI=1S/C13H29N3O/c1-6-7-8-16-11(17)10(13(4,5)15)9-12(2,3)14/h10H,6-9,14-15H2,1-5H3,(H,16,17). The second kappa shape index (κ2) is 6.36. The Labute approximate surface area is 106 Å². The third kappa shape index (κ3) is 7.34. The normalized spacial score (nSPS) is 14.5. The first-order valence-electron chi connectivity index (χ1n) is 6.43. The summed E-state index contributed by atoms with van der Waals surface area (Å²) in [5, 5.41) is 2.94. The van der Waals surface area contributed by atoms with Crippen LogP contribution in [0.5, 0.6) is 0 Å². The maximum Gasteiger partial charge on any atom is 0.225 e. The van der Waals surface area contributed by atoms with E-state index in [1.165, 1.54) is 0 Å². The Morgan fingerprint density at radius 1 is 1.24 bits per heavy atom. The van der Waals surface area contributed by atoms with Crippen molar-refractivity contribution in [3.05, 3.63) is 0 Å². The van der Waals surface area contributed by atoms with Crippen LogP contribution in [0.4, 0.5) is 0 Å². The third-order valence-electron chi connectivity index (χ3n) is 2.77. The second-order valence-electron chi connectivity index (χ2n) is 6.21. The maximum atomic E-state index is 12.1. The van der Waals surface area contributed by atoms with Crippen molar-refractivity contribution in [2.45, 2.75) is 65.0 Å². The molecule has 1 unspecified atom stereocenters. The zero-order chi connectivity index (χ0) is 13.7. The molecule has 0 bridgehead atoms. The molecular formula is C13H29N3O. The van der Waals surface area contributed by atoms with Crippen LogP contribution < -0.4 is 16.8 Å². The second-order valence-corrected chi connectivity index (χ2v) is 6.21. The van der Waals surface area contributed by atoms with Crippen molar-refractivity contribution in [1.82, 2.24) is 5.32 Å². The molecule has 0 aliphatic carbocycles. The van der Waals surface area contributed by atoms with Gasteiger partial charge in [0.25, 0.3) is 0 Å². The number of rotatable bonds is 7. The summed E-state index contributed by atoms with van der Waals surface area (Å²) in [6.45, 7) is 10.4. The molecule has 0 radical (unpaired) electrons. The fraction of sp³-hybridized carbons (Fsp3) is 0.923. The number of hydrogen-bond donors (Lipinski definition) is 3. The fourth-order valence-electron chi connectivity index (χ4n) is 1.73. The molecule has 0 spiro atoms. The van der Waals surface area contributed by atoms with Crippen LogP contribution in [0.25, 0.3) is 0 Å². The van der Waals surface area contributed by atoms with Gasteiger partial charge in [-0.2, -0.15) is 0 Å². The summed E-state index contributed by atoms with van der Waals surface area (Å²) in [5.41, 5.74) is 11.1. The predicted octanol–water partition coefficient (Wildman–Crippen LogP) is 1.38. The lowest BCUT2D eigenvalue weighted by atomic mass is 9.79. The molecule has 0 aromatic heterocycles. The van der Waals surface area contributed by atoms with Crippen LogP contribution in [0.15, 0.2) is 0 Å². The van der Waals surface area contributed by atoms with Gasteiger partial charge < -0.3 is 16.8 Å². The summed E-state index contributed by atoms with van der Waals surface area (Å²) in [7, 11) is 0. The van der Waals surface area contributed by atoms with Crippen LogP contribution in [0.2, 0.25) is 0 Å². The topological polar surface area (TPSA) is 81.1 Å². The van der Waals surface area contributed by atoms with Gasteiger partial charge in [0.2, 0.25) is 5.91 Å². The number of nitrogens with two attached hydrogens (primary N) is 2. The van der Waals surface area contributed by atoms with Crippen LogP contribution >= 0.6 is 0 Å². The van der Waals surface area contributed by atoms with Crippen LogP contribution in [0.3, 0.4) is 0 Å². The Morgan fingerprint density at radius 3 is 2.12 bits per heavy atom. The SMILES string of the molecule is CCCCNC(=O)C(CC(C)(C)N)C(C)(C)N. The molecule has 5 N–H and O–H groups in total. The number of amides is 1. The van der Waals surface area contributed by atoms with Gasteiger partial charge in [-0.1, -0.05) is 13.3 Å². The molecule has 1 amide bonds. The molecule has 0 aliphatic heterocycles. The van der Waals surface area contributed by atoms with Crippen molar-refractivity contribution in [3.8, 4) is 0 Å². The van der Waals surface area contributed by atoms with Crippen molar-refractivity contribution in [2.75, 3.05) is 6.54 Å². The van der Waals surface area contributed by atoms with Gasteiger partial charge in [-0.25, -0.2) is 0 Å². The Bertz CT molecular complexity index is 238. The first kappa shape index (κ1) is 16.4. The minimum Gasteiger partial charge on any atom is -0.356 e. The van der Waals surface area contributed by atoms with E-state index < -0.39 is 5.54 Å². The smallest absolute Gasteiger partial charge is 0.225 e. The number of unbranched alkanes of at least 4 members (excludes halogenated alkanes) is 1. The van der Waals surface area contributed by atoms with Crippen LogP contribution in [0.1, 0.15) is 53.9 Å². The van der Waals surface area contributed by atoms with Gasteiger partial charge in [-0.05, 0) is 40.5 Å². The van der Waals surface area contributed by atoms with Gasteiger partial charge in [0.1, 0.15) is 0 Å². The number of hydrogen-bond acceptors (Lipinski definition) is 3. The van der Waals surface area contributed by atoms with E-state index in [1.807, 2.05) is 27.7 Å². The molecule has 17 heavy (non-hydrogen) atoms. The first-order chi connectivity index (χ1) is 7.58. The van der Waals surface area contributed by atoms with E-state index in [2.05, 4.69) is 12.2 Å². The van der Waals surface area contributed by atoms with Gasteiger partial charge in [0.05, 0.1) is 5.92 Å². The molecule has 1 atom stereocenters. The van der Waals surface area contributed by atoms with E-state index in [4.69, 9.17) is 11.5 Å². The number of carbonyl (C=O) groups excluding carboxylic acids is 1. The molecule has 0 saturated heterocycles. The van der Waals surface area contributed by atoms with Gasteiger partial charge in [-0.15, -0.1) is 0 Å². The molecule has 0 aromatic carbocycles. The van der Waals surface area contributed by atoms with E-state index in [0.717, 1.165) is 12.8 Å². The van der Waals surface area contributed by atoms with Crippen molar-refractivity contribution in [1.29, 1.82) is 0 Å². The summed E-state index contributed by atoms with van der Waals surface area (Å²) in [5.74, 6) is -0.233. The molecule has 4 heteroatoms. The maximum absolute atomic E-state index is 12.1. The van der Waals surface area contributed by atoms with E-state index >= 15 is 0 Å². The van der Waals surface area contributed by atoms with E-state index in [-0.39, 0.29) is 17.4 Å². The van der Waals surface area contributed by atoms with Gasteiger partial charge in [0, 0.05) is 17.6 Å². The van der Waals surface area contributed by atoms with Crippen molar-refractivity contribution in [2.24, 2.45) is 17.4 Å².